The molecule has 17 heavy (non-hydrogen) atoms. The molecule has 0 aromatic carbocycles. The molecule has 6 heteroatoms. The normalized spacial score (nSPS) is 15.6. The fourth-order valence-corrected chi connectivity index (χ4v) is 2.55. The molecule has 1 aromatic heterocycles. The van der Waals surface area contributed by atoms with Gasteiger partial charge in [-0.25, -0.2) is 4.98 Å². The van der Waals surface area contributed by atoms with Crippen LogP contribution in [-0.4, -0.2) is 22.2 Å². The van der Waals surface area contributed by atoms with Gasteiger partial charge in [-0.15, -0.1) is 0 Å². The molecule has 0 fully saturated rings. The summed E-state index contributed by atoms with van der Waals surface area (Å²) in [7, 11) is 0. The second kappa shape index (κ2) is 4.19. The Hall–Kier alpha value is -1.27. The SMILES string of the molecule is CC(C)(N)C(=O)Nc1nc2c(s1)C(=O)CCC2. The van der Waals surface area contributed by atoms with Crippen molar-refractivity contribution in [3.05, 3.63) is 10.6 Å². The molecule has 0 unspecified atom stereocenters. The van der Waals surface area contributed by atoms with Crippen LogP contribution in [0.25, 0.3) is 0 Å². The zero-order valence-corrected chi connectivity index (χ0v) is 10.7. The molecule has 0 spiro atoms. The molecular formula is C11H15N3O2S. The standard InChI is InChI=1S/C11H15N3O2S/c1-11(2,12)9(16)14-10-13-6-4-3-5-7(15)8(6)17-10/h3-5,12H2,1-2H3,(H,13,14,16). The number of carbonyl (C=O) groups excluding carboxylic acids is 2. The summed E-state index contributed by atoms with van der Waals surface area (Å²) in [6, 6.07) is 0. The number of Topliss-reactive ketones (excluding diaryl/α,β-unsaturated/α-hetero) is 1. The number of nitrogens with one attached hydrogen (secondary N) is 1. The van der Waals surface area contributed by atoms with Crippen LogP contribution in [0, 0.1) is 0 Å². The maximum absolute atomic E-state index is 11.7. The molecule has 1 amide bonds. The molecular weight excluding hydrogens is 238 g/mol. The van der Waals surface area contributed by atoms with Crippen molar-refractivity contribution in [3.63, 3.8) is 0 Å². The second-order valence-electron chi connectivity index (χ2n) is 4.75. The minimum Gasteiger partial charge on any atom is -0.318 e. The lowest BCUT2D eigenvalue weighted by Crippen LogP contribution is -2.45. The third-order valence-electron chi connectivity index (χ3n) is 2.57. The maximum Gasteiger partial charge on any atom is 0.245 e. The predicted molar refractivity (Wildman–Crippen MR) is 66.3 cm³/mol. The highest BCUT2D eigenvalue weighted by atomic mass is 32.1. The van der Waals surface area contributed by atoms with Crippen LogP contribution in [-0.2, 0) is 11.2 Å². The first kappa shape index (κ1) is 12.2. The van der Waals surface area contributed by atoms with Gasteiger partial charge in [-0.3, -0.25) is 9.59 Å². The summed E-state index contributed by atoms with van der Waals surface area (Å²) in [5, 5.41) is 3.12. The van der Waals surface area contributed by atoms with Gasteiger partial charge in [-0.1, -0.05) is 11.3 Å². The third kappa shape index (κ3) is 2.53. The second-order valence-corrected chi connectivity index (χ2v) is 5.75. The number of hydrogen-bond donors (Lipinski definition) is 2. The first-order chi connectivity index (χ1) is 7.88. The summed E-state index contributed by atoms with van der Waals surface area (Å²) in [5.74, 6) is -0.174. The summed E-state index contributed by atoms with van der Waals surface area (Å²) in [6.45, 7) is 3.25. The van der Waals surface area contributed by atoms with Crippen molar-refractivity contribution in [1.82, 2.24) is 4.98 Å². The Balaban J connectivity index is 2.19. The van der Waals surface area contributed by atoms with Crippen LogP contribution in [0.3, 0.4) is 0 Å². The van der Waals surface area contributed by atoms with Gasteiger partial charge in [0.2, 0.25) is 5.91 Å². The van der Waals surface area contributed by atoms with Gasteiger partial charge in [0.15, 0.2) is 10.9 Å². The molecule has 0 radical (unpaired) electrons. The smallest absolute Gasteiger partial charge is 0.245 e. The zero-order valence-electron chi connectivity index (χ0n) is 9.87. The topological polar surface area (TPSA) is 85.1 Å². The number of fused-ring (bicyclic) bond motifs is 1. The fourth-order valence-electron chi connectivity index (χ4n) is 1.58. The number of aryl methyl sites for hydroxylation is 1. The van der Waals surface area contributed by atoms with Crippen LogP contribution >= 0.6 is 11.3 Å². The van der Waals surface area contributed by atoms with Gasteiger partial charge >= 0.3 is 0 Å². The molecule has 5 nitrogen and oxygen atoms in total. The van der Waals surface area contributed by atoms with E-state index in [1.807, 2.05) is 0 Å². The van der Waals surface area contributed by atoms with Crippen LogP contribution in [0.2, 0.25) is 0 Å². The molecule has 1 aliphatic carbocycles. The summed E-state index contributed by atoms with van der Waals surface area (Å²) in [4.78, 5) is 28.2. The zero-order chi connectivity index (χ0) is 12.6. The van der Waals surface area contributed by atoms with Crippen molar-refractivity contribution in [2.24, 2.45) is 5.73 Å². The van der Waals surface area contributed by atoms with E-state index >= 15 is 0 Å². The van der Waals surface area contributed by atoms with Crippen LogP contribution < -0.4 is 11.1 Å². The first-order valence-corrected chi connectivity index (χ1v) is 6.33. The predicted octanol–water partition coefficient (Wildman–Crippen LogP) is 1.34. The molecule has 0 saturated heterocycles. The quantitative estimate of drug-likeness (QED) is 0.832. The van der Waals surface area contributed by atoms with Crippen molar-refractivity contribution in [2.45, 2.75) is 38.6 Å². The molecule has 0 aliphatic heterocycles. The van der Waals surface area contributed by atoms with Crippen LogP contribution in [0.1, 0.15) is 42.1 Å². The number of anilines is 1. The van der Waals surface area contributed by atoms with E-state index in [9.17, 15) is 9.59 Å². The van der Waals surface area contributed by atoms with Crippen molar-refractivity contribution < 1.29 is 9.59 Å². The molecule has 0 bridgehead atoms. The van der Waals surface area contributed by atoms with E-state index in [1.165, 1.54) is 11.3 Å². The first-order valence-electron chi connectivity index (χ1n) is 5.51. The van der Waals surface area contributed by atoms with E-state index in [1.54, 1.807) is 13.8 Å². The van der Waals surface area contributed by atoms with Crippen molar-refractivity contribution in [3.8, 4) is 0 Å². The highest BCUT2D eigenvalue weighted by Crippen LogP contribution is 2.29. The maximum atomic E-state index is 11.7. The Labute approximate surface area is 103 Å². The Morgan fingerprint density at radius 2 is 2.18 bits per heavy atom. The van der Waals surface area contributed by atoms with Gasteiger partial charge in [0.05, 0.1) is 16.1 Å². The van der Waals surface area contributed by atoms with Crippen molar-refractivity contribution >= 4 is 28.2 Å². The number of aromatic nitrogens is 1. The van der Waals surface area contributed by atoms with Gasteiger partial charge < -0.3 is 11.1 Å². The Bertz CT molecular complexity index is 474. The molecule has 0 saturated carbocycles. The number of thiazole rings is 1. The van der Waals surface area contributed by atoms with Crippen LogP contribution in [0.5, 0.6) is 0 Å². The summed E-state index contributed by atoms with van der Waals surface area (Å²) >= 11 is 1.24. The van der Waals surface area contributed by atoms with Crippen molar-refractivity contribution in [1.29, 1.82) is 0 Å². The molecule has 0 atom stereocenters. The summed E-state index contributed by atoms with van der Waals surface area (Å²) < 4.78 is 0. The number of ketones is 1. The minimum atomic E-state index is -0.948. The number of amides is 1. The van der Waals surface area contributed by atoms with E-state index in [0.29, 0.717) is 16.4 Å². The van der Waals surface area contributed by atoms with E-state index in [2.05, 4.69) is 10.3 Å². The Morgan fingerprint density at radius 1 is 1.47 bits per heavy atom. The minimum absolute atomic E-state index is 0.122. The average Bonchev–Trinajstić information content (AvgIpc) is 2.60. The van der Waals surface area contributed by atoms with E-state index in [0.717, 1.165) is 18.5 Å². The Kier molecular flexibility index (Phi) is 3.01. The highest BCUT2D eigenvalue weighted by Gasteiger charge is 2.26. The monoisotopic (exact) mass is 253 g/mol. The van der Waals surface area contributed by atoms with Crippen LogP contribution in [0.15, 0.2) is 0 Å². The van der Waals surface area contributed by atoms with E-state index < -0.39 is 5.54 Å². The molecule has 1 heterocycles. The summed E-state index contributed by atoms with van der Waals surface area (Å²) in [5.41, 5.74) is 5.53. The number of rotatable bonds is 2. The number of hydrogen-bond acceptors (Lipinski definition) is 5. The number of nitrogens with zero attached hydrogens (tertiary/aromatic N) is 1. The van der Waals surface area contributed by atoms with Gasteiger partial charge in [0, 0.05) is 6.42 Å². The Morgan fingerprint density at radius 3 is 2.76 bits per heavy atom. The lowest BCUT2D eigenvalue weighted by molar-refractivity contribution is -0.120. The lowest BCUT2D eigenvalue weighted by atomic mass is 10.0. The molecule has 92 valence electrons. The largest absolute Gasteiger partial charge is 0.318 e. The van der Waals surface area contributed by atoms with Crippen LogP contribution in [0.4, 0.5) is 5.13 Å². The molecule has 1 aliphatic rings. The fraction of sp³-hybridized carbons (Fsp3) is 0.545. The summed E-state index contributed by atoms with van der Waals surface area (Å²) in [6.07, 6.45) is 2.22. The third-order valence-corrected chi connectivity index (χ3v) is 3.63. The lowest BCUT2D eigenvalue weighted by Gasteiger charge is -2.16. The van der Waals surface area contributed by atoms with Gasteiger partial charge in [0.25, 0.3) is 0 Å². The number of carbonyl (C=O) groups is 2. The van der Waals surface area contributed by atoms with E-state index in [-0.39, 0.29) is 11.7 Å². The van der Waals surface area contributed by atoms with Gasteiger partial charge in [0.1, 0.15) is 0 Å². The average molecular weight is 253 g/mol. The molecule has 2 rings (SSSR count). The molecule has 1 aromatic rings. The van der Waals surface area contributed by atoms with E-state index in [4.69, 9.17) is 5.73 Å². The number of nitrogens with two attached hydrogens (primary N) is 1. The molecule has 3 N–H and O–H groups in total. The highest BCUT2D eigenvalue weighted by molar-refractivity contribution is 7.17. The van der Waals surface area contributed by atoms with Gasteiger partial charge in [-0.05, 0) is 26.7 Å². The van der Waals surface area contributed by atoms with Gasteiger partial charge in [-0.2, -0.15) is 0 Å². The van der Waals surface area contributed by atoms with Crippen molar-refractivity contribution in [2.75, 3.05) is 5.32 Å².